The van der Waals surface area contributed by atoms with E-state index in [1.54, 1.807) is 18.2 Å². The van der Waals surface area contributed by atoms with E-state index in [0.29, 0.717) is 12.4 Å². The summed E-state index contributed by atoms with van der Waals surface area (Å²) in [6.07, 6.45) is 1.25. The summed E-state index contributed by atoms with van der Waals surface area (Å²) in [5.41, 5.74) is 0.868. The van der Waals surface area contributed by atoms with Gasteiger partial charge >= 0.3 is 5.97 Å². The fourth-order valence-corrected chi connectivity index (χ4v) is 1.60. The summed E-state index contributed by atoms with van der Waals surface area (Å²) in [4.78, 5) is 24.8. The number of nitro groups is 1. The van der Waals surface area contributed by atoms with Crippen molar-refractivity contribution < 1.29 is 14.8 Å². The third-order valence-corrected chi connectivity index (χ3v) is 2.61. The Morgan fingerprint density at radius 3 is 2.75 bits per heavy atom. The number of aromatic nitrogens is 1. The molecule has 0 saturated carbocycles. The van der Waals surface area contributed by atoms with Crippen molar-refractivity contribution in [2.75, 3.05) is 5.32 Å². The van der Waals surface area contributed by atoms with E-state index in [2.05, 4.69) is 10.3 Å². The van der Waals surface area contributed by atoms with Gasteiger partial charge < -0.3 is 10.4 Å². The molecule has 1 aromatic heterocycles. The number of non-ortho nitro benzene ring substituents is 1. The molecule has 20 heavy (non-hydrogen) atoms. The van der Waals surface area contributed by atoms with E-state index >= 15 is 0 Å². The number of pyridine rings is 1. The van der Waals surface area contributed by atoms with Crippen molar-refractivity contribution in [3.8, 4) is 0 Å². The van der Waals surface area contributed by atoms with E-state index in [-0.39, 0.29) is 11.3 Å². The maximum Gasteiger partial charge on any atom is 0.337 e. The number of nitrogens with one attached hydrogen (secondary N) is 1. The summed E-state index contributed by atoms with van der Waals surface area (Å²) < 4.78 is 0. The van der Waals surface area contributed by atoms with Crippen LogP contribution in [0, 0.1) is 10.1 Å². The molecule has 0 aliphatic carbocycles. The van der Waals surface area contributed by atoms with Crippen LogP contribution in [0.4, 0.5) is 11.5 Å². The van der Waals surface area contributed by atoms with Crippen molar-refractivity contribution in [1.29, 1.82) is 0 Å². The highest BCUT2D eigenvalue weighted by atomic mass is 16.6. The second-order valence-corrected chi connectivity index (χ2v) is 4.02. The lowest BCUT2D eigenvalue weighted by Gasteiger charge is -2.05. The van der Waals surface area contributed by atoms with E-state index in [1.165, 1.54) is 24.4 Å². The van der Waals surface area contributed by atoms with Crippen LogP contribution in [0.3, 0.4) is 0 Å². The van der Waals surface area contributed by atoms with Crippen molar-refractivity contribution in [3.05, 3.63) is 63.8 Å². The number of rotatable bonds is 5. The summed E-state index contributed by atoms with van der Waals surface area (Å²) in [6, 6.07) is 9.23. The van der Waals surface area contributed by atoms with Gasteiger partial charge in [-0.1, -0.05) is 12.1 Å². The van der Waals surface area contributed by atoms with Crippen LogP contribution in [-0.2, 0) is 6.54 Å². The van der Waals surface area contributed by atoms with Crippen molar-refractivity contribution >= 4 is 17.5 Å². The molecule has 0 aliphatic rings. The average Bonchev–Trinajstić information content (AvgIpc) is 2.46. The lowest BCUT2D eigenvalue weighted by molar-refractivity contribution is -0.384. The predicted molar refractivity (Wildman–Crippen MR) is 71.6 cm³/mol. The van der Waals surface area contributed by atoms with Crippen LogP contribution in [0.15, 0.2) is 42.6 Å². The van der Waals surface area contributed by atoms with Gasteiger partial charge in [0.2, 0.25) is 0 Å². The molecule has 2 aromatic rings. The van der Waals surface area contributed by atoms with Crippen LogP contribution >= 0.6 is 0 Å². The van der Waals surface area contributed by atoms with Gasteiger partial charge in [0.05, 0.1) is 10.5 Å². The number of carbonyl (C=O) groups is 1. The smallest absolute Gasteiger partial charge is 0.337 e. The first-order chi connectivity index (χ1) is 9.56. The molecule has 0 unspecified atom stereocenters. The molecular weight excluding hydrogens is 262 g/mol. The first-order valence-corrected chi connectivity index (χ1v) is 5.73. The van der Waals surface area contributed by atoms with E-state index in [0.717, 1.165) is 5.56 Å². The molecule has 0 saturated heterocycles. The number of nitro benzene ring substituents is 1. The molecule has 0 atom stereocenters. The highest BCUT2D eigenvalue weighted by Gasteiger charge is 2.06. The fraction of sp³-hybridized carbons (Fsp3) is 0.0769. The third-order valence-electron chi connectivity index (χ3n) is 2.61. The number of hydrogen-bond acceptors (Lipinski definition) is 5. The number of anilines is 1. The second-order valence-electron chi connectivity index (χ2n) is 4.02. The summed E-state index contributed by atoms with van der Waals surface area (Å²) in [7, 11) is 0. The maximum atomic E-state index is 10.7. The van der Waals surface area contributed by atoms with Gasteiger partial charge in [0.25, 0.3) is 5.69 Å². The van der Waals surface area contributed by atoms with Crippen LogP contribution < -0.4 is 5.32 Å². The van der Waals surface area contributed by atoms with Gasteiger partial charge in [-0.15, -0.1) is 0 Å². The van der Waals surface area contributed by atoms with Crippen molar-refractivity contribution in [3.63, 3.8) is 0 Å². The maximum absolute atomic E-state index is 10.7. The Labute approximate surface area is 114 Å². The minimum absolute atomic E-state index is 0.0264. The van der Waals surface area contributed by atoms with Crippen LogP contribution in [0.25, 0.3) is 0 Å². The molecule has 7 heteroatoms. The fourth-order valence-electron chi connectivity index (χ4n) is 1.60. The lowest BCUT2D eigenvalue weighted by atomic mass is 10.2. The molecule has 0 radical (unpaired) electrons. The molecular formula is C13H11N3O4. The number of carboxylic acid groups (broad SMARTS) is 1. The number of carboxylic acids is 1. The Morgan fingerprint density at radius 1 is 1.35 bits per heavy atom. The van der Waals surface area contributed by atoms with Gasteiger partial charge in [0.1, 0.15) is 5.82 Å². The van der Waals surface area contributed by atoms with E-state index in [9.17, 15) is 14.9 Å². The van der Waals surface area contributed by atoms with E-state index < -0.39 is 10.9 Å². The van der Waals surface area contributed by atoms with Gasteiger partial charge in [-0.25, -0.2) is 9.78 Å². The zero-order valence-corrected chi connectivity index (χ0v) is 10.3. The Kier molecular flexibility index (Phi) is 3.90. The zero-order chi connectivity index (χ0) is 14.5. The number of nitrogens with zero attached hydrogens (tertiary/aromatic N) is 2. The molecule has 1 aromatic carbocycles. The van der Waals surface area contributed by atoms with E-state index in [1.807, 2.05) is 0 Å². The van der Waals surface area contributed by atoms with Gasteiger partial charge in [-0.05, 0) is 17.7 Å². The molecule has 2 rings (SSSR count). The first-order valence-electron chi connectivity index (χ1n) is 5.73. The molecule has 0 amide bonds. The molecule has 7 nitrogen and oxygen atoms in total. The predicted octanol–water partition coefficient (Wildman–Crippen LogP) is 2.30. The minimum atomic E-state index is -1.04. The molecule has 1 heterocycles. The minimum Gasteiger partial charge on any atom is -0.478 e. The second kappa shape index (κ2) is 5.79. The normalized spacial score (nSPS) is 10.0. The van der Waals surface area contributed by atoms with Crippen LogP contribution in [-0.4, -0.2) is 21.0 Å². The van der Waals surface area contributed by atoms with Gasteiger partial charge in [0, 0.05) is 24.9 Å². The molecule has 102 valence electrons. The number of benzene rings is 1. The van der Waals surface area contributed by atoms with Gasteiger partial charge in [-0.3, -0.25) is 10.1 Å². The molecule has 2 N–H and O–H groups in total. The Morgan fingerprint density at radius 2 is 2.15 bits per heavy atom. The van der Waals surface area contributed by atoms with Crippen LogP contribution in [0.2, 0.25) is 0 Å². The Balaban J connectivity index is 2.03. The monoisotopic (exact) mass is 273 g/mol. The quantitative estimate of drug-likeness (QED) is 0.639. The summed E-state index contributed by atoms with van der Waals surface area (Å²) in [6.45, 7) is 0.362. The topological polar surface area (TPSA) is 105 Å². The summed E-state index contributed by atoms with van der Waals surface area (Å²) in [5, 5.41) is 22.4. The van der Waals surface area contributed by atoms with Gasteiger partial charge in [-0.2, -0.15) is 0 Å². The molecule has 0 fully saturated rings. The SMILES string of the molecule is O=C(O)c1ccc(NCc2cccc([N+](=O)[O-])c2)nc1. The van der Waals surface area contributed by atoms with Crippen LogP contribution in [0.1, 0.15) is 15.9 Å². The highest BCUT2D eigenvalue weighted by Crippen LogP contribution is 2.14. The molecule has 0 spiro atoms. The third kappa shape index (κ3) is 3.29. The highest BCUT2D eigenvalue weighted by molar-refractivity contribution is 5.87. The molecule has 0 aliphatic heterocycles. The first kappa shape index (κ1) is 13.5. The van der Waals surface area contributed by atoms with Gasteiger partial charge in [0.15, 0.2) is 0 Å². The number of hydrogen-bond donors (Lipinski definition) is 2. The average molecular weight is 273 g/mol. The lowest BCUT2D eigenvalue weighted by Crippen LogP contribution is -2.03. The summed E-state index contributed by atoms with van der Waals surface area (Å²) in [5.74, 6) is -0.538. The van der Waals surface area contributed by atoms with Crippen molar-refractivity contribution in [2.45, 2.75) is 6.54 Å². The Hall–Kier alpha value is -2.96. The van der Waals surface area contributed by atoms with Crippen molar-refractivity contribution in [2.24, 2.45) is 0 Å². The standard InChI is InChI=1S/C13H11N3O4/c17-13(18)10-4-5-12(15-8-10)14-7-9-2-1-3-11(6-9)16(19)20/h1-6,8H,7H2,(H,14,15)(H,17,18). The zero-order valence-electron chi connectivity index (χ0n) is 10.3. The summed E-state index contributed by atoms with van der Waals surface area (Å²) >= 11 is 0. The van der Waals surface area contributed by atoms with Crippen LogP contribution in [0.5, 0.6) is 0 Å². The van der Waals surface area contributed by atoms with E-state index in [4.69, 9.17) is 5.11 Å². The van der Waals surface area contributed by atoms with Crippen molar-refractivity contribution in [1.82, 2.24) is 4.98 Å². The Bertz CT molecular complexity index is 640. The number of aromatic carboxylic acids is 1. The molecule has 0 bridgehead atoms. The largest absolute Gasteiger partial charge is 0.478 e.